The van der Waals surface area contributed by atoms with Gasteiger partial charge in [0.1, 0.15) is 5.56 Å². The first kappa shape index (κ1) is 14.3. The van der Waals surface area contributed by atoms with Crippen LogP contribution in [0.25, 0.3) is 0 Å². The summed E-state index contributed by atoms with van der Waals surface area (Å²) in [4.78, 5) is 21.1. The second-order valence-electron chi connectivity index (χ2n) is 5.56. The lowest BCUT2D eigenvalue weighted by atomic mass is 9.64. The summed E-state index contributed by atoms with van der Waals surface area (Å²) >= 11 is 0. The Morgan fingerprint density at radius 2 is 2.15 bits per heavy atom. The monoisotopic (exact) mass is 280 g/mol. The molecule has 20 heavy (non-hydrogen) atoms. The second-order valence-corrected chi connectivity index (χ2v) is 5.56. The number of nitro benzene ring substituents is 1. The first-order chi connectivity index (χ1) is 9.23. The molecule has 0 aromatic heterocycles. The Morgan fingerprint density at radius 3 is 2.60 bits per heavy atom. The predicted molar refractivity (Wildman–Crippen MR) is 71.9 cm³/mol. The molecule has 1 aromatic carbocycles. The molecule has 7 nitrogen and oxygen atoms in total. The summed E-state index contributed by atoms with van der Waals surface area (Å²) < 4.78 is 0. The number of aliphatic hydroxyl groups is 1. The highest BCUT2D eigenvalue weighted by Crippen LogP contribution is 2.42. The molecule has 3 N–H and O–H groups in total. The molecule has 0 amide bonds. The third-order valence-electron chi connectivity index (χ3n) is 3.98. The van der Waals surface area contributed by atoms with Gasteiger partial charge in [0.2, 0.25) is 0 Å². The van der Waals surface area contributed by atoms with E-state index >= 15 is 0 Å². The van der Waals surface area contributed by atoms with E-state index in [0.717, 1.165) is 0 Å². The number of hydrogen-bond donors (Lipinski definition) is 3. The maximum Gasteiger partial charge on any atom is 0.342 e. The quantitative estimate of drug-likeness (QED) is 0.573. The van der Waals surface area contributed by atoms with Crippen LogP contribution in [0.1, 0.15) is 30.6 Å². The number of aliphatic hydroxyl groups excluding tert-OH is 1. The van der Waals surface area contributed by atoms with E-state index in [-0.39, 0.29) is 17.0 Å². The molecule has 108 valence electrons. The van der Waals surface area contributed by atoms with Gasteiger partial charge in [0, 0.05) is 23.2 Å². The minimum atomic E-state index is -1.33. The lowest BCUT2D eigenvalue weighted by Crippen LogP contribution is -2.56. The molecule has 1 aliphatic rings. The minimum Gasteiger partial charge on any atom is -0.477 e. The molecule has 1 saturated carbocycles. The Balaban J connectivity index is 2.25. The Morgan fingerprint density at radius 1 is 1.50 bits per heavy atom. The van der Waals surface area contributed by atoms with Crippen molar-refractivity contribution in [3.8, 4) is 0 Å². The molecular weight excluding hydrogens is 264 g/mol. The Kier molecular flexibility index (Phi) is 3.39. The van der Waals surface area contributed by atoms with E-state index in [1.807, 2.05) is 13.8 Å². The molecule has 0 aliphatic heterocycles. The van der Waals surface area contributed by atoms with Gasteiger partial charge in [-0.05, 0) is 18.6 Å². The van der Waals surface area contributed by atoms with E-state index in [2.05, 4.69) is 5.32 Å². The van der Waals surface area contributed by atoms with Gasteiger partial charge in [-0.1, -0.05) is 13.8 Å². The zero-order valence-electron chi connectivity index (χ0n) is 11.2. The Bertz CT molecular complexity index is 570. The zero-order chi connectivity index (χ0) is 15.1. The van der Waals surface area contributed by atoms with Crippen molar-refractivity contribution in [2.45, 2.75) is 32.4 Å². The van der Waals surface area contributed by atoms with Crippen molar-refractivity contribution in [3.63, 3.8) is 0 Å². The summed E-state index contributed by atoms with van der Waals surface area (Å²) in [5.74, 6) is -1.33. The normalized spacial score (nSPS) is 23.8. The SMILES string of the molecule is CC1(C)C(O)CC1Nc1ccc(C(=O)O)c([N+](=O)[O-])c1. The molecule has 0 spiro atoms. The van der Waals surface area contributed by atoms with Crippen molar-refractivity contribution in [2.24, 2.45) is 5.41 Å². The number of rotatable bonds is 4. The number of nitro groups is 1. The fourth-order valence-corrected chi connectivity index (χ4v) is 2.30. The first-order valence-corrected chi connectivity index (χ1v) is 6.20. The van der Waals surface area contributed by atoms with E-state index in [9.17, 15) is 20.0 Å². The number of anilines is 1. The van der Waals surface area contributed by atoms with E-state index < -0.39 is 22.7 Å². The number of hydrogen-bond acceptors (Lipinski definition) is 5. The highest BCUT2D eigenvalue weighted by molar-refractivity contribution is 5.93. The molecule has 0 heterocycles. The molecule has 1 aliphatic carbocycles. The highest BCUT2D eigenvalue weighted by atomic mass is 16.6. The molecule has 0 saturated heterocycles. The van der Waals surface area contributed by atoms with Crippen molar-refractivity contribution < 1.29 is 19.9 Å². The Labute approximate surface area is 115 Å². The number of carbonyl (C=O) groups is 1. The number of carboxylic acids is 1. The van der Waals surface area contributed by atoms with Gasteiger partial charge in [-0.25, -0.2) is 4.79 Å². The summed E-state index contributed by atoms with van der Waals surface area (Å²) in [6.07, 6.45) is 0.148. The average molecular weight is 280 g/mol. The van der Waals surface area contributed by atoms with Crippen LogP contribution in [-0.4, -0.2) is 33.3 Å². The van der Waals surface area contributed by atoms with Crippen LogP contribution in [0, 0.1) is 15.5 Å². The summed E-state index contributed by atoms with van der Waals surface area (Å²) in [5.41, 5.74) is -0.624. The third-order valence-corrected chi connectivity index (χ3v) is 3.98. The van der Waals surface area contributed by atoms with Crippen LogP contribution in [-0.2, 0) is 0 Å². The summed E-state index contributed by atoms with van der Waals surface area (Å²) in [6, 6.07) is 3.92. The standard InChI is InChI=1S/C13H16N2O5/c1-13(2)10(6-11(13)16)14-7-3-4-8(12(17)18)9(5-7)15(19)20/h3-5,10-11,14,16H,6H2,1-2H3,(H,17,18). The van der Waals surface area contributed by atoms with Gasteiger partial charge in [-0.3, -0.25) is 10.1 Å². The molecule has 2 unspecified atom stereocenters. The van der Waals surface area contributed by atoms with Crippen LogP contribution in [0.2, 0.25) is 0 Å². The van der Waals surface area contributed by atoms with Crippen molar-refractivity contribution in [1.82, 2.24) is 0 Å². The van der Waals surface area contributed by atoms with Crippen LogP contribution in [0.3, 0.4) is 0 Å². The fraction of sp³-hybridized carbons (Fsp3) is 0.462. The van der Waals surface area contributed by atoms with Gasteiger partial charge in [-0.2, -0.15) is 0 Å². The van der Waals surface area contributed by atoms with Gasteiger partial charge in [-0.15, -0.1) is 0 Å². The Hall–Kier alpha value is -2.15. The predicted octanol–water partition coefficient (Wildman–Crippen LogP) is 1.86. The third kappa shape index (κ3) is 2.32. The smallest absolute Gasteiger partial charge is 0.342 e. The van der Waals surface area contributed by atoms with Crippen LogP contribution >= 0.6 is 0 Å². The number of nitrogens with zero attached hydrogens (tertiary/aromatic N) is 1. The van der Waals surface area contributed by atoms with E-state index in [4.69, 9.17) is 5.11 Å². The summed E-state index contributed by atoms with van der Waals surface area (Å²) in [6.45, 7) is 3.80. The van der Waals surface area contributed by atoms with E-state index in [1.165, 1.54) is 18.2 Å². The van der Waals surface area contributed by atoms with Crippen LogP contribution < -0.4 is 5.32 Å². The highest BCUT2D eigenvalue weighted by Gasteiger charge is 2.47. The van der Waals surface area contributed by atoms with Gasteiger partial charge >= 0.3 is 5.97 Å². The lowest BCUT2D eigenvalue weighted by molar-refractivity contribution is -0.385. The molecule has 7 heteroatoms. The molecule has 2 atom stereocenters. The first-order valence-electron chi connectivity index (χ1n) is 6.20. The van der Waals surface area contributed by atoms with Crippen LogP contribution in [0.4, 0.5) is 11.4 Å². The number of nitrogens with one attached hydrogen (secondary N) is 1. The van der Waals surface area contributed by atoms with Crippen molar-refractivity contribution >= 4 is 17.3 Å². The zero-order valence-corrected chi connectivity index (χ0v) is 11.2. The molecule has 2 rings (SSSR count). The van der Waals surface area contributed by atoms with Crippen LogP contribution in [0.15, 0.2) is 18.2 Å². The van der Waals surface area contributed by atoms with Gasteiger partial charge in [0.25, 0.3) is 5.69 Å². The minimum absolute atomic E-state index is 0.00668. The van der Waals surface area contributed by atoms with Crippen molar-refractivity contribution in [1.29, 1.82) is 0 Å². The number of benzene rings is 1. The van der Waals surface area contributed by atoms with E-state index in [1.54, 1.807) is 0 Å². The van der Waals surface area contributed by atoms with Gasteiger partial charge in [0.15, 0.2) is 0 Å². The molecule has 1 aromatic rings. The van der Waals surface area contributed by atoms with Crippen molar-refractivity contribution in [2.75, 3.05) is 5.32 Å². The maximum atomic E-state index is 10.9. The van der Waals surface area contributed by atoms with E-state index in [0.29, 0.717) is 12.1 Å². The summed E-state index contributed by atoms with van der Waals surface area (Å²) in [7, 11) is 0. The number of carboxylic acid groups (broad SMARTS) is 1. The maximum absolute atomic E-state index is 10.9. The molecule has 1 fully saturated rings. The van der Waals surface area contributed by atoms with Crippen molar-refractivity contribution in [3.05, 3.63) is 33.9 Å². The largest absolute Gasteiger partial charge is 0.477 e. The molecule has 0 bridgehead atoms. The fourth-order valence-electron chi connectivity index (χ4n) is 2.30. The van der Waals surface area contributed by atoms with Gasteiger partial charge < -0.3 is 15.5 Å². The number of aromatic carboxylic acids is 1. The second kappa shape index (κ2) is 4.75. The van der Waals surface area contributed by atoms with Crippen LogP contribution in [0.5, 0.6) is 0 Å². The van der Waals surface area contributed by atoms with Gasteiger partial charge in [0.05, 0.1) is 11.0 Å². The molecular formula is C13H16N2O5. The molecule has 0 radical (unpaired) electrons. The summed E-state index contributed by atoms with van der Waals surface area (Å²) in [5, 5.41) is 32.6. The topological polar surface area (TPSA) is 113 Å². The lowest BCUT2D eigenvalue weighted by Gasteiger charge is -2.49. The average Bonchev–Trinajstić information content (AvgIpc) is 2.38.